The first-order chi connectivity index (χ1) is 10.8. The van der Waals surface area contributed by atoms with Crippen LogP contribution in [-0.2, 0) is 0 Å². The summed E-state index contributed by atoms with van der Waals surface area (Å²) in [6, 6.07) is 7.73. The Morgan fingerprint density at radius 3 is 3.14 bits per heavy atom. The number of fused-ring (bicyclic) bond motifs is 1. The number of nitrogens with zero attached hydrogens (tertiary/aromatic N) is 4. The van der Waals surface area contributed by atoms with Crippen molar-refractivity contribution in [1.29, 1.82) is 0 Å². The fourth-order valence-corrected chi connectivity index (χ4v) is 3.16. The Hall–Kier alpha value is -2.63. The molecule has 1 aliphatic rings. The second-order valence-corrected chi connectivity index (χ2v) is 5.67. The van der Waals surface area contributed by atoms with Gasteiger partial charge in [-0.1, -0.05) is 6.07 Å². The molecular formula is C16H17N5O. The molecule has 112 valence electrons. The molecule has 6 heteroatoms. The number of rotatable bonds is 2. The van der Waals surface area contributed by atoms with Gasteiger partial charge >= 0.3 is 0 Å². The van der Waals surface area contributed by atoms with E-state index in [4.69, 9.17) is 0 Å². The monoisotopic (exact) mass is 295 g/mol. The number of piperidine rings is 1. The molecule has 1 aliphatic heterocycles. The third-order valence-electron chi connectivity index (χ3n) is 4.31. The van der Waals surface area contributed by atoms with E-state index in [1.54, 1.807) is 12.4 Å². The second-order valence-electron chi connectivity index (χ2n) is 5.67. The van der Waals surface area contributed by atoms with Gasteiger partial charge in [-0.25, -0.2) is 4.98 Å². The van der Waals surface area contributed by atoms with Crippen molar-refractivity contribution >= 4 is 11.6 Å². The number of hydrogen-bond donors (Lipinski definition) is 1. The standard InChI is InChI=1S/C16H17N5O/c22-16(14-10-17-15-5-1-2-9-21(14)15)20-8-3-4-12(11-20)13-6-7-18-19-13/h1-2,5-7,9-10,12H,3-4,8,11H2,(H,18,19). The van der Waals surface area contributed by atoms with Gasteiger partial charge in [-0.3, -0.25) is 14.3 Å². The number of aromatic nitrogens is 4. The summed E-state index contributed by atoms with van der Waals surface area (Å²) < 4.78 is 1.85. The Labute approximate surface area is 127 Å². The van der Waals surface area contributed by atoms with Crippen LogP contribution in [0.4, 0.5) is 0 Å². The number of H-pyrrole nitrogens is 1. The number of imidazole rings is 1. The summed E-state index contributed by atoms with van der Waals surface area (Å²) in [5, 5.41) is 7.04. The number of likely N-dealkylation sites (tertiary alicyclic amines) is 1. The number of carbonyl (C=O) groups is 1. The van der Waals surface area contributed by atoms with Crippen molar-refractivity contribution in [2.75, 3.05) is 13.1 Å². The first-order valence-corrected chi connectivity index (χ1v) is 7.53. The molecule has 1 atom stereocenters. The van der Waals surface area contributed by atoms with Gasteiger partial charge in [-0.15, -0.1) is 0 Å². The highest BCUT2D eigenvalue weighted by Crippen LogP contribution is 2.26. The molecule has 0 saturated carbocycles. The molecule has 1 unspecified atom stereocenters. The van der Waals surface area contributed by atoms with Crippen molar-refractivity contribution in [1.82, 2.24) is 24.5 Å². The zero-order valence-electron chi connectivity index (χ0n) is 12.1. The molecule has 22 heavy (non-hydrogen) atoms. The molecule has 1 N–H and O–H groups in total. The highest BCUT2D eigenvalue weighted by atomic mass is 16.2. The van der Waals surface area contributed by atoms with Crippen molar-refractivity contribution in [2.45, 2.75) is 18.8 Å². The highest BCUT2D eigenvalue weighted by molar-refractivity contribution is 5.93. The summed E-state index contributed by atoms with van der Waals surface area (Å²) in [5.74, 6) is 0.377. The Morgan fingerprint density at radius 1 is 1.32 bits per heavy atom. The summed E-state index contributed by atoms with van der Waals surface area (Å²) in [7, 11) is 0. The van der Waals surface area contributed by atoms with Gasteiger partial charge in [0.05, 0.1) is 6.20 Å². The fourth-order valence-electron chi connectivity index (χ4n) is 3.16. The topological polar surface area (TPSA) is 66.3 Å². The predicted molar refractivity (Wildman–Crippen MR) is 81.7 cm³/mol. The van der Waals surface area contributed by atoms with Gasteiger partial charge < -0.3 is 4.90 Å². The van der Waals surface area contributed by atoms with Gasteiger partial charge in [0.1, 0.15) is 11.3 Å². The van der Waals surface area contributed by atoms with Crippen LogP contribution in [0.3, 0.4) is 0 Å². The van der Waals surface area contributed by atoms with Gasteiger partial charge in [-0.05, 0) is 31.0 Å². The summed E-state index contributed by atoms with van der Waals surface area (Å²) in [6.07, 6.45) is 7.40. The second kappa shape index (κ2) is 5.29. The lowest BCUT2D eigenvalue weighted by Gasteiger charge is -2.32. The minimum Gasteiger partial charge on any atom is -0.337 e. The summed E-state index contributed by atoms with van der Waals surface area (Å²) in [5.41, 5.74) is 2.53. The lowest BCUT2D eigenvalue weighted by molar-refractivity contribution is 0.0699. The van der Waals surface area contributed by atoms with E-state index in [0.29, 0.717) is 11.6 Å². The van der Waals surface area contributed by atoms with E-state index in [2.05, 4.69) is 15.2 Å². The third kappa shape index (κ3) is 2.16. The quantitative estimate of drug-likeness (QED) is 0.787. The number of nitrogens with one attached hydrogen (secondary N) is 1. The zero-order valence-corrected chi connectivity index (χ0v) is 12.1. The maximum absolute atomic E-state index is 12.8. The molecule has 4 heterocycles. The molecule has 3 aromatic heterocycles. The molecule has 0 radical (unpaired) electrons. The minimum atomic E-state index is 0.0444. The largest absolute Gasteiger partial charge is 0.337 e. The van der Waals surface area contributed by atoms with Gasteiger partial charge in [0, 0.05) is 37.1 Å². The predicted octanol–water partition coefficient (Wildman–Crippen LogP) is 2.08. The maximum atomic E-state index is 12.8. The maximum Gasteiger partial charge on any atom is 0.272 e. The van der Waals surface area contributed by atoms with Crippen molar-refractivity contribution in [3.05, 3.63) is 54.2 Å². The number of pyridine rings is 1. The van der Waals surface area contributed by atoms with Gasteiger partial charge in [-0.2, -0.15) is 5.10 Å². The summed E-state index contributed by atoms with van der Waals surface area (Å²) in [4.78, 5) is 19.1. The smallest absolute Gasteiger partial charge is 0.272 e. The molecule has 3 aromatic rings. The average molecular weight is 295 g/mol. The van der Waals surface area contributed by atoms with Crippen LogP contribution >= 0.6 is 0 Å². The highest BCUT2D eigenvalue weighted by Gasteiger charge is 2.27. The Balaban J connectivity index is 1.60. The summed E-state index contributed by atoms with van der Waals surface area (Å²) in [6.45, 7) is 1.52. The molecular weight excluding hydrogens is 278 g/mol. The molecule has 1 amide bonds. The number of hydrogen-bond acceptors (Lipinski definition) is 3. The van der Waals surface area contributed by atoms with E-state index in [1.807, 2.05) is 39.8 Å². The van der Waals surface area contributed by atoms with Crippen LogP contribution in [-0.4, -0.2) is 43.5 Å². The van der Waals surface area contributed by atoms with Gasteiger partial charge in [0.2, 0.25) is 0 Å². The minimum absolute atomic E-state index is 0.0444. The first-order valence-electron chi connectivity index (χ1n) is 7.53. The molecule has 0 aliphatic carbocycles. The SMILES string of the molecule is O=C(c1cnc2ccccn12)N1CCCC(c2ccn[nH]2)C1. The lowest BCUT2D eigenvalue weighted by Crippen LogP contribution is -2.39. The third-order valence-corrected chi connectivity index (χ3v) is 4.31. The average Bonchev–Trinajstić information content (AvgIpc) is 3.24. The Morgan fingerprint density at radius 2 is 2.27 bits per heavy atom. The van der Waals surface area contributed by atoms with E-state index in [-0.39, 0.29) is 5.91 Å². The number of amides is 1. The van der Waals surface area contributed by atoms with Crippen LogP contribution in [0.25, 0.3) is 5.65 Å². The van der Waals surface area contributed by atoms with Crippen molar-refractivity contribution < 1.29 is 4.79 Å². The fraction of sp³-hybridized carbons (Fsp3) is 0.312. The zero-order chi connectivity index (χ0) is 14.9. The lowest BCUT2D eigenvalue weighted by atomic mass is 9.95. The van der Waals surface area contributed by atoms with E-state index >= 15 is 0 Å². The van der Waals surface area contributed by atoms with Crippen LogP contribution in [0.5, 0.6) is 0 Å². The molecule has 1 saturated heterocycles. The number of aromatic amines is 1. The Kier molecular flexibility index (Phi) is 3.14. The van der Waals surface area contributed by atoms with Gasteiger partial charge in [0.15, 0.2) is 0 Å². The Bertz CT molecular complexity index is 792. The van der Waals surface area contributed by atoms with Crippen LogP contribution in [0.2, 0.25) is 0 Å². The van der Waals surface area contributed by atoms with E-state index < -0.39 is 0 Å². The molecule has 4 rings (SSSR count). The van der Waals surface area contributed by atoms with Crippen LogP contribution in [0.1, 0.15) is 34.9 Å². The van der Waals surface area contributed by atoms with E-state index in [1.165, 1.54) is 0 Å². The molecule has 0 spiro atoms. The number of carbonyl (C=O) groups excluding carboxylic acids is 1. The molecule has 6 nitrogen and oxygen atoms in total. The molecule has 1 fully saturated rings. The van der Waals surface area contributed by atoms with E-state index in [0.717, 1.165) is 37.3 Å². The van der Waals surface area contributed by atoms with Gasteiger partial charge in [0.25, 0.3) is 5.91 Å². The normalized spacial score (nSPS) is 18.7. The van der Waals surface area contributed by atoms with Crippen molar-refractivity contribution in [2.24, 2.45) is 0 Å². The summed E-state index contributed by atoms with van der Waals surface area (Å²) >= 11 is 0. The molecule has 0 aromatic carbocycles. The first kappa shape index (κ1) is 13.1. The van der Waals surface area contributed by atoms with Crippen LogP contribution in [0, 0.1) is 0 Å². The molecule has 0 bridgehead atoms. The van der Waals surface area contributed by atoms with Crippen LogP contribution < -0.4 is 0 Å². The van der Waals surface area contributed by atoms with Crippen molar-refractivity contribution in [3.8, 4) is 0 Å². The van der Waals surface area contributed by atoms with E-state index in [9.17, 15) is 4.79 Å². The van der Waals surface area contributed by atoms with Crippen LogP contribution in [0.15, 0.2) is 42.9 Å². The van der Waals surface area contributed by atoms with Crippen molar-refractivity contribution in [3.63, 3.8) is 0 Å².